The molecule has 3 aliphatic carbocycles. The van der Waals surface area contributed by atoms with Gasteiger partial charge in [0, 0.05) is 6.42 Å². The Hall–Kier alpha value is -0.850. The molecule has 3 aliphatic rings. The zero-order valence-corrected chi connectivity index (χ0v) is 18.8. The van der Waals surface area contributed by atoms with Crippen molar-refractivity contribution in [3.8, 4) is 0 Å². The highest BCUT2D eigenvalue weighted by Crippen LogP contribution is 2.47. The molecule has 162 valence electrons. The maximum atomic E-state index is 12.5. The lowest BCUT2D eigenvalue weighted by molar-refractivity contribution is 0.109. The van der Waals surface area contributed by atoms with Crippen LogP contribution in [-0.4, -0.2) is 6.67 Å². The fourth-order valence-electron chi connectivity index (χ4n) is 7.15. The van der Waals surface area contributed by atoms with E-state index in [4.69, 9.17) is 0 Å². The summed E-state index contributed by atoms with van der Waals surface area (Å²) in [6.45, 7) is 2.14. The highest BCUT2D eigenvalue weighted by atomic mass is 19.1. The zero-order valence-electron chi connectivity index (χ0n) is 18.8. The first-order chi connectivity index (χ1) is 14.3. The van der Waals surface area contributed by atoms with E-state index in [9.17, 15) is 4.39 Å². The molecule has 0 bridgehead atoms. The molecule has 1 aromatic carbocycles. The van der Waals surface area contributed by atoms with E-state index < -0.39 is 0 Å². The first kappa shape index (κ1) is 21.4. The smallest absolute Gasteiger partial charge is 0.0934 e. The first-order valence-corrected chi connectivity index (χ1v) is 12.9. The summed E-state index contributed by atoms with van der Waals surface area (Å²) in [5.74, 6) is 5.92. The number of hydrogen-bond donors (Lipinski definition) is 0. The van der Waals surface area contributed by atoms with Gasteiger partial charge in [-0.25, -0.2) is 0 Å². The van der Waals surface area contributed by atoms with Gasteiger partial charge in [-0.3, -0.25) is 4.39 Å². The Labute approximate surface area is 179 Å². The number of hydrogen-bond acceptors (Lipinski definition) is 0. The Kier molecular flexibility index (Phi) is 7.71. The van der Waals surface area contributed by atoms with E-state index in [1.165, 1.54) is 89.0 Å². The Bertz CT molecular complexity index is 581. The van der Waals surface area contributed by atoms with Crippen molar-refractivity contribution in [2.45, 2.75) is 103 Å². The van der Waals surface area contributed by atoms with Crippen LogP contribution < -0.4 is 0 Å². The molecule has 1 aromatic rings. The molecule has 1 heteroatoms. The molecule has 0 heterocycles. The Morgan fingerprint density at radius 1 is 0.655 bits per heavy atom. The van der Waals surface area contributed by atoms with Crippen molar-refractivity contribution < 1.29 is 4.39 Å². The second kappa shape index (κ2) is 10.5. The molecule has 3 saturated carbocycles. The molecule has 3 fully saturated rings. The maximum Gasteiger partial charge on any atom is 0.0934 e. The van der Waals surface area contributed by atoms with Crippen LogP contribution in [0.5, 0.6) is 0 Å². The first-order valence-electron chi connectivity index (χ1n) is 12.9. The van der Waals surface area contributed by atoms with Crippen molar-refractivity contribution in [3.63, 3.8) is 0 Å². The van der Waals surface area contributed by atoms with Crippen LogP contribution in [0.15, 0.2) is 24.3 Å². The van der Waals surface area contributed by atoms with Gasteiger partial charge < -0.3 is 0 Å². The molecule has 0 saturated heterocycles. The van der Waals surface area contributed by atoms with E-state index in [-0.39, 0.29) is 6.67 Å². The molecular formula is C28H43F. The third-order valence-electron chi connectivity index (χ3n) is 9.22. The van der Waals surface area contributed by atoms with Crippen molar-refractivity contribution in [3.05, 3.63) is 35.4 Å². The van der Waals surface area contributed by atoms with Gasteiger partial charge in [0.25, 0.3) is 0 Å². The van der Waals surface area contributed by atoms with Crippen LogP contribution in [0, 0.1) is 29.6 Å². The summed E-state index contributed by atoms with van der Waals surface area (Å²) >= 11 is 0. The number of alkyl halides is 1. The van der Waals surface area contributed by atoms with E-state index in [1.807, 2.05) is 0 Å². The van der Waals surface area contributed by atoms with Gasteiger partial charge in [-0.1, -0.05) is 50.5 Å². The van der Waals surface area contributed by atoms with Crippen LogP contribution in [0.25, 0.3) is 0 Å². The van der Waals surface area contributed by atoms with E-state index in [0.29, 0.717) is 6.42 Å². The quantitative estimate of drug-likeness (QED) is 0.450. The molecule has 0 spiro atoms. The fourth-order valence-corrected chi connectivity index (χ4v) is 7.15. The number of rotatable bonds is 6. The third-order valence-corrected chi connectivity index (χ3v) is 9.22. The van der Waals surface area contributed by atoms with Crippen LogP contribution in [0.2, 0.25) is 0 Å². The number of benzene rings is 1. The van der Waals surface area contributed by atoms with Gasteiger partial charge in [0.05, 0.1) is 6.67 Å². The Morgan fingerprint density at radius 3 is 1.55 bits per heavy atom. The van der Waals surface area contributed by atoms with Gasteiger partial charge in [-0.2, -0.15) is 0 Å². The van der Waals surface area contributed by atoms with Crippen molar-refractivity contribution in [2.24, 2.45) is 29.6 Å². The molecule has 0 aromatic heterocycles. The second-order valence-electron chi connectivity index (χ2n) is 10.7. The summed E-state index contributed by atoms with van der Waals surface area (Å²) in [6.07, 6.45) is 19.8. The van der Waals surface area contributed by atoms with E-state index in [1.54, 1.807) is 0 Å². The molecule has 0 radical (unpaired) electrons. The summed E-state index contributed by atoms with van der Waals surface area (Å²) < 4.78 is 12.5. The normalized spacial score (nSPS) is 36.1. The maximum absolute atomic E-state index is 12.5. The lowest BCUT2D eigenvalue weighted by Crippen LogP contribution is -2.29. The summed E-state index contributed by atoms with van der Waals surface area (Å²) in [5.41, 5.74) is 2.64. The van der Waals surface area contributed by atoms with Crippen molar-refractivity contribution in [1.82, 2.24) is 0 Å². The van der Waals surface area contributed by atoms with Crippen LogP contribution in [0.3, 0.4) is 0 Å². The van der Waals surface area contributed by atoms with Crippen LogP contribution >= 0.6 is 0 Å². The standard InChI is InChI=1S/C28H43F/c1-2-21-3-7-23(8-4-21)25-11-15-27(16-12-25)28-17-13-26(14-18-28)24-9-5-22(6-10-24)19-20-29/h5-6,9-10,21,23,25-28H,2-4,7-8,11-20H2,1H3/t21-,23-,25-,26-,27-,28-. The molecule has 0 atom stereocenters. The van der Waals surface area contributed by atoms with Gasteiger partial charge in [0.2, 0.25) is 0 Å². The predicted octanol–water partition coefficient (Wildman–Crippen LogP) is 8.50. The molecule has 29 heavy (non-hydrogen) atoms. The van der Waals surface area contributed by atoms with Gasteiger partial charge in [-0.05, 0) is 111 Å². The molecule has 0 aliphatic heterocycles. The van der Waals surface area contributed by atoms with E-state index in [0.717, 1.165) is 41.1 Å². The van der Waals surface area contributed by atoms with E-state index >= 15 is 0 Å². The second-order valence-corrected chi connectivity index (χ2v) is 10.7. The van der Waals surface area contributed by atoms with Crippen LogP contribution in [0.4, 0.5) is 4.39 Å². The number of halogens is 1. The predicted molar refractivity (Wildman–Crippen MR) is 122 cm³/mol. The summed E-state index contributed by atoms with van der Waals surface area (Å²) in [6, 6.07) is 8.84. The summed E-state index contributed by atoms with van der Waals surface area (Å²) in [7, 11) is 0. The third kappa shape index (κ3) is 5.45. The highest BCUT2D eigenvalue weighted by Gasteiger charge is 2.34. The van der Waals surface area contributed by atoms with Crippen LogP contribution in [-0.2, 0) is 6.42 Å². The molecule has 0 N–H and O–H groups in total. The highest BCUT2D eigenvalue weighted by molar-refractivity contribution is 5.26. The largest absolute Gasteiger partial charge is 0.251 e. The molecule has 0 unspecified atom stereocenters. The molecular weight excluding hydrogens is 355 g/mol. The zero-order chi connectivity index (χ0) is 20.1. The van der Waals surface area contributed by atoms with Gasteiger partial charge >= 0.3 is 0 Å². The Morgan fingerprint density at radius 2 is 1.10 bits per heavy atom. The minimum absolute atomic E-state index is 0.243. The lowest BCUT2D eigenvalue weighted by Gasteiger charge is -2.41. The lowest BCUT2D eigenvalue weighted by atomic mass is 9.64. The van der Waals surface area contributed by atoms with Crippen LogP contribution in [0.1, 0.15) is 107 Å². The van der Waals surface area contributed by atoms with Crippen molar-refractivity contribution in [1.29, 1.82) is 0 Å². The van der Waals surface area contributed by atoms with E-state index in [2.05, 4.69) is 31.2 Å². The fraction of sp³-hybridized carbons (Fsp3) is 0.786. The van der Waals surface area contributed by atoms with Crippen molar-refractivity contribution >= 4 is 0 Å². The Balaban J connectivity index is 1.20. The summed E-state index contributed by atoms with van der Waals surface area (Å²) in [5, 5.41) is 0. The SMILES string of the molecule is CC[C@H]1CC[C@H]([C@H]2CC[C@H]([C@H]3CC[C@H](c4ccc(CCF)cc4)CC3)CC2)CC1. The van der Waals surface area contributed by atoms with Gasteiger partial charge in [0.1, 0.15) is 0 Å². The van der Waals surface area contributed by atoms with Gasteiger partial charge in [0.15, 0.2) is 0 Å². The average Bonchev–Trinajstić information content (AvgIpc) is 2.80. The minimum Gasteiger partial charge on any atom is -0.251 e. The average molecular weight is 399 g/mol. The summed E-state index contributed by atoms with van der Waals surface area (Å²) in [4.78, 5) is 0. The van der Waals surface area contributed by atoms with Gasteiger partial charge in [-0.15, -0.1) is 0 Å². The minimum atomic E-state index is -0.243. The topological polar surface area (TPSA) is 0 Å². The molecule has 0 nitrogen and oxygen atoms in total. The molecule has 0 amide bonds. The monoisotopic (exact) mass is 398 g/mol. The number of aryl methyl sites for hydroxylation is 1. The molecule has 4 rings (SSSR count). The van der Waals surface area contributed by atoms with Crippen molar-refractivity contribution in [2.75, 3.05) is 6.67 Å².